The summed E-state index contributed by atoms with van der Waals surface area (Å²) in [5, 5.41) is 8.74. The molecule has 0 atom stereocenters. The van der Waals surface area contributed by atoms with E-state index in [0.29, 0.717) is 6.61 Å². The molecular formula is C12H25NO. The van der Waals surface area contributed by atoms with Gasteiger partial charge in [0.25, 0.3) is 0 Å². The highest BCUT2D eigenvalue weighted by molar-refractivity contribution is 4.66. The van der Waals surface area contributed by atoms with Crippen molar-refractivity contribution in [2.24, 2.45) is 5.92 Å². The Morgan fingerprint density at radius 1 is 1.14 bits per heavy atom. The van der Waals surface area contributed by atoms with Crippen LogP contribution in [-0.2, 0) is 0 Å². The van der Waals surface area contributed by atoms with Crippen molar-refractivity contribution < 1.29 is 5.11 Å². The van der Waals surface area contributed by atoms with Crippen LogP contribution in [-0.4, -0.2) is 36.8 Å². The van der Waals surface area contributed by atoms with Gasteiger partial charge in [-0.05, 0) is 32.4 Å². The maximum atomic E-state index is 8.74. The predicted molar refractivity (Wildman–Crippen MR) is 60.4 cm³/mol. The molecule has 1 rings (SSSR count). The maximum Gasteiger partial charge on any atom is 0.0558 e. The van der Waals surface area contributed by atoms with E-state index in [9.17, 15) is 0 Å². The van der Waals surface area contributed by atoms with Crippen molar-refractivity contribution >= 4 is 0 Å². The lowest BCUT2D eigenvalue weighted by molar-refractivity contribution is 0.214. The fourth-order valence-electron chi connectivity index (χ4n) is 2.41. The fourth-order valence-corrected chi connectivity index (χ4v) is 2.41. The van der Waals surface area contributed by atoms with E-state index < -0.39 is 0 Å². The normalized spacial score (nSPS) is 19.1. The molecule has 0 aromatic carbocycles. The quantitative estimate of drug-likeness (QED) is 0.709. The van der Waals surface area contributed by atoms with Gasteiger partial charge in [0.1, 0.15) is 0 Å². The van der Waals surface area contributed by atoms with E-state index in [0.717, 1.165) is 19.0 Å². The summed E-state index contributed by atoms with van der Waals surface area (Å²) in [7, 11) is 2.09. The van der Waals surface area contributed by atoms with E-state index in [4.69, 9.17) is 5.11 Å². The highest BCUT2D eigenvalue weighted by atomic mass is 16.3. The summed E-state index contributed by atoms with van der Waals surface area (Å²) < 4.78 is 0. The average Bonchev–Trinajstić information content (AvgIpc) is 2.20. The first-order valence-corrected chi connectivity index (χ1v) is 6.12. The minimum Gasteiger partial charge on any atom is -0.395 e. The zero-order chi connectivity index (χ0) is 10.2. The molecule has 84 valence electrons. The van der Waals surface area contributed by atoms with Crippen LogP contribution in [0.4, 0.5) is 0 Å². The van der Waals surface area contributed by atoms with Crippen LogP contribution >= 0.6 is 0 Å². The Bertz CT molecular complexity index is 132. The number of likely N-dealkylation sites (N-methyl/N-ethyl adjacent to an activating group) is 1. The SMILES string of the molecule is CN(CCO)CCCC1CCCCC1. The van der Waals surface area contributed by atoms with Gasteiger partial charge in [-0.25, -0.2) is 0 Å². The van der Waals surface area contributed by atoms with Crippen LogP contribution < -0.4 is 0 Å². The molecule has 0 spiro atoms. The van der Waals surface area contributed by atoms with Crippen LogP contribution in [0.1, 0.15) is 44.9 Å². The Hall–Kier alpha value is -0.0800. The Morgan fingerprint density at radius 3 is 2.50 bits per heavy atom. The number of aliphatic hydroxyl groups excluding tert-OH is 1. The van der Waals surface area contributed by atoms with Crippen LogP contribution in [0.25, 0.3) is 0 Å². The van der Waals surface area contributed by atoms with Gasteiger partial charge < -0.3 is 10.0 Å². The van der Waals surface area contributed by atoms with Crippen LogP contribution in [0, 0.1) is 5.92 Å². The molecule has 1 saturated carbocycles. The molecular weight excluding hydrogens is 174 g/mol. The molecule has 0 bridgehead atoms. The minimum atomic E-state index is 0.292. The first kappa shape index (κ1) is 12.0. The molecule has 2 heteroatoms. The van der Waals surface area contributed by atoms with Gasteiger partial charge in [0.2, 0.25) is 0 Å². The average molecular weight is 199 g/mol. The zero-order valence-electron chi connectivity index (χ0n) is 9.54. The molecule has 0 aromatic heterocycles. The summed E-state index contributed by atoms with van der Waals surface area (Å²) in [6, 6.07) is 0. The summed E-state index contributed by atoms with van der Waals surface area (Å²) in [5.41, 5.74) is 0. The zero-order valence-corrected chi connectivity index (χ0v) is 9.54. The Kier molecular flexibility index (Phi) is 6.20. The van der Waals surface area contributed by atoms with Crippen LogP contribution in [0.5, 0.6) is 0 Å². The summed E-state index contributed by atoms with van der Waals surface area (Å²) >= 11 is 0. The van der Waals surface area contributed by atoms with Gasteiger partial charge in [0, 0.05) is 6.54 Å². The third-order valence-electron chi connectivity index (χ3n) is 3.36. The Labute approximate surface area is 88.3 Å². The molecule has 0 saturated heterocycles. The predicted octanol–water partition coefficient (Wildman–Crippen LogP) is 2.27. The van der Waals surface area contributed by atoms with E-state index in [-0.39, 0.29) is 0 Å². The van der Waals surface area contributed by atoms with Gasteiger partial charge in [-0.15, -0.1) is 0 Å². The molecule has 1 aliphatic carbocycles. The molecule has 2 nitrogen and oxygen atoms in total. The van der Waals surface area contributed by atoms with Crippen molar-refractivity contribution in [3.63, 3.8) is 0 Å². The van der Waals surface area contributed by atoms with Gasteiger partial charge in [-0.1, -0.05) is 32.1 Å². The van der Waals surface area contributed by atoms with Gasteiger partial charge in [0.15, 0.2) is 0 Å². The van der Waals surface area contributed by atoms with Crippen molar-refractivity contribution in [1.82, 2.24) is 4.90 Å². The molecule has 0 unspecified atom stereocenters. The summed E-state index contributed by atoms with van der Waals surface area (Å²) in [6.45, 7) is 2.27. The van der Waals surface area contributed by atoms with Gasteiger partial charge in [0.05, 0.1) is 6.61 Å². The van der Waals surface area contributed by atoms with E-state index >= 15 is 0 Å². The first-order valence-electron chi connectivity index (χ1n) is 6.12. The van der Waals surface area contributed by atoms with Crippen LogP contribution in [0.2, 0.25) is 0 Å². The monoisotopic (exact) mass is 199 g/mol. The van der Waals surface area contributed by atoms with Gasteiger partial charge >= 0.3 is 0 Å². The first-order chi connectivity index (χ1) is 6.83. The summed E-state index contributed by atoms with van der Waals surface area (Å²) in [5.74, 6) is 1.01. The second-order valence-corrected chi connectivity index (χ2v) is 4.67. The molecule has 1 fully saturated rings. The molecule has 1 aliphatic rings. The molecule has 0 aromatic rings. The van der Waals surface area contributed by atoms with Crippen molar-refractivity contribution in [1.29, 1.82) is 0 Å². The minimum absolute atomic E-state index is 0.292. The number of hydrogen-bond acceptors (Lipinski definition) is 2. The lowest BCUT2D eigenvalue weighted by Crippen LogP contribution is -2.23. The summed E-state index contributed by atoms with van der Waals surface area (Å²) in [6.07, 6.45) is 10.00. The van der Waals surface area contributed by atoms with E-state index in [1.807, 2.05) is 0 Å². The number of hydrogen-bond donors (Lipinski definition) is 1. The molecule has 0 radical (unpaired) electrons. The standard InChI is InChI=1S/C12H25NO/c1-13(10-11-14)9-5-8-12-6-3-2-4-7-12/h12,14H,2-11H2,1H3. The third-order valence-corrected chi connectivity index (χ3v) is 3.36. The van der Waals surface area contributed by atoms with E-state index in [2.05, 4.69) is 11.9 Å². The van der Waals surface area contributed by atoms with E-state index in [1.165, 1.54) is 44.9 Å². The Balaban J connectivity index is 1.96. The van der Waals surface area contributed by atoms with E-state index in [1.54, 1.807) is 0 Å². The van der Waals surface area contributed by atoms with Crippen molar-refractivity contribution in [3.8, 4) is 0 Å². The number of nitrogens with zero attached hydrogens (tertiary/aromatic N) is 1. The lowest BCUT2D eigenvalue weighted by Gasteiger charge is -2.22. The summed E-state index contributed by atoms with van der Waals surface area (Å²) in [4.78, 5) is 2.23. The molecule has 0 amide bonds. The largest absolute Gasteiger partial charge is 0.395 e. The molecule has 14 heavy (non-hydrogen) atoms. The second kappa shape index (κ2) is 7.24. The maximum absolute atomic E-state index is 8.74. The number of rotatable bonds is 6. The van der Waals surface area contributed by atoms with Gasteiger partial charge in [-0.2, -0.15) is 0 Å². The van der Waals surface area contributed by atoms with Crippen molar-refractivity contribution in [3.05, 3.63) is 0 Å². The van der Waals surface area contributed by atoms with Crippen molar-refractivity contribution in [2.45, 2.75) is 44.9 Å². The molecule has 0 aliphatic heterocycles. The van der Waals surface area contributed by atoms with Gasteiger partial charge in [-0.3, -0.25) is 0 Å². The van der Waals surface area contributed by atoms with Crippen LogP contribution in [0.15, 0.2) is 0 Å². The Morgan fingerprint density at radius 2 is 1.86 bits per heavy atom. The highest BCUT2D eigenvalue weighted by Gasteiger charge is 2.12. The molecule has 1 N–H and O–H groups in total. The highest BCUT2D eigenvalue weighted by Crippen LogP contribution is 2.27. The van der Waals surface area contributed by atoms with Crippen LogP contribution in [0.3, 0.4) is 0 Å². The lowest BCUT2D eigenvalue weighted by atomic mass is 9.86. The third kappa shape index (κ3) is 4.97. The number of aliphatic hydroxyl groups is 1. The molecule has 0 heterocycles. The second-order valence-electron chi connectivity index (χ2n) is 4.67. The fraction of sp³-hybridized carbons (Fsp3) is 1.00. The smallest absolute Gasteiger partial charge is 0.0558 e. The topological polar surface area (TPSA) is 23.5 Å². The van der Waals surface area contributed by atoms with Crippen molar-refractivity contribution in [2.75, 3.05) is 26.7 Å².